The lowest BCUT2D eigenvalue weighted by atomic mass is 9.65. The van der Waals surface area contributed by atoms with Crippen LogP contribution in [0.3, 0.4) is 0 Å². The number of methoxy groups -OCH3 is 2. The number of rotatable bonds is 7. The molecule has 3 aliphatic rings. The molecule has 0 radical (unpaired) electrons. The van der Waals surface area contributed by atoms with Gasteiger partial charge in [0.2, 0.25) is 5.91 Å². The SMILES string of the molecule is COc1ccc(C23CCC(NC(=O)Nc4ccc(F)c(F)c4)CC2N(C(=O)CN2CCC(C)CC2)CC3)cc1OC. The van der Waals surface area contributed by atoms with Crippen LogP contribution in [0.25, 0.3) is 0 Å². The summed E-state index contributed by atoms with van der Waals surface area (Å²) in [5.41, 5.74) is 0.998. The third kappa shape index (κ3) is 6.12. The lowest BCUT2D eigenvalue weighted by Crippen LogP contribution is -2.55. The van der Waals surface area contributed by atoms with Crippen molar-refractivity contribution in [2.75, 3.05) is 45.7 Å². The fraction of sp³-hybridized carbons (Fsp3) is 0.548. The van der Waals surface area contributed by atoms with Gasteiger partial charge in [-0.15, -0.1) is 0 Å². The molecular weight excluding hydrogens is 530 g/mol. The maximum atomic E-state index is 13.8. The summed E-state index contributed by atoms with van der Waals surface area (Å²) in [7, 11) is 3.23. The molecule has 3 fully saturated rings. The summed E-state index contributed by atoms with van der Waals surface area (Å²) in [4.78, 5) is 30.9. The van der Waals surface area contributed by atoms with Gasteiger partial charge >= 0.3 is 6.03 Å². The predicted octanol–water partition coefficient (Wildman–Crippen LogP) is 4.93. The van der Waals surface area contributed by atoms with E-state index in [4.69, 9.17) is 9.47 Å². The van der Waals surface area contributed by atoms with E-state index in [1.807, 2.05) is 17.0 Å². The number of nitrogens with zero attached hydrogens (tertiary/aromatic N) is 2. The number of nitrogens with one attached hydrogen (secondary N) is 2. The molecule has 8 nitrogen and oxygen atoms in total. The standard InChI is InChI=1S/C31H40F2N4O4/c1-20-9-13-36(14-10-20)19-29(38)37-15-12-31(21-4-7-26(40-2)27(16-21)41-3)11-8-23(18-28(31)37)35-30(39)34-22-5-6-24(32)25(33)17-22/h4-7,16-17,20,23,28H,8-15,18-19H2,1-3H3,(H2,34,35,39). The van der Waals surface area contributed by atoms with Crippen molar-refractivity contribution < 1.29 is 27.8 Å². The number of carbonyl (C=O) groups excluding carboxylic acids is 2. The van der Waals surface area contributed by atoms with Gasteiger partial charge in [0, 0.05) is 35.8 Å². The number of urea groups is 1. The topological polar surface area (TPSA) is 83.1 Å². The Balaban J connectivity index is 1.35. The van der Waals surface area contributed by atoms with Crippen molar-refractivity contribution in [3.8, 4) is 11.5 Å². The summed E-state index contributed by atoms with van der Waals surface area (Å²) in [6.07, 6.45) is 5.10. The van der Waals surface area contributed by atoms with E-state index in [-0.39, 0.29) is 29.1 Å². The highest BCUT2D eigenvalue weighted by molar-refractivity contribution is 5.89. The molecule has 2 saturated heterocycles. The van der Waals surface area contributed by atoms with E-state index in [0.717, 1.165) is 56.5 Å². The highest BCUT2D eigenvalue weighted by Gasteiger charge is 2.53. The van der Waals surface area contributed by atoms with E-state index in [9.17, 15) is 18.4 Å². The average molecular weight is 571 g/mol. The second-order valence-electron chi connectivity index (χ2n) is 11.7. The fourth-order valence-corrected chi connectivity index (χ4v) is 6.89. The average Bonchev–Trinajstić information content (AvgIpc) is 3.36. The van der Waals surface area contributed by atoms with Gasteiger partial charge in [0.05, 0.1) is 20.8 Å². The number of amides is 3. The van der Waals surface area contributed by atoms with Gasteiger partial charge in [-0.3, -0.25) is 9.69 Å². The van der Waals surface area contributed by atoms with E-state index < -0.39 is 17.7 Å². The number of ether oxygens (including phenoxy) is 2. The molecule has 5 rings (SSSR count). The molecule has 0 aromatic heterocycles. The normalized spacial score (nSPS) is 25.0. The van der Waals surface area contributed by atoms with Gasteiger partial charge in [-0.25, -0.2) is 13.6 Å². The Morgan fingerprint density at radius 3 is 2.41 bits per heavy atom. The first-order chi connectivity index (χ1) is 19.7. The Morgan fingerprint density at radius 2 is 1.71 bits per heavy atom. The number of hydrogen-bond donors (Lipinski definition) is 2. The first kappa shape index (κ1) is 29.1. The first-order valence-electron chi connectivity index (χ1n) is 14.5. The van der Waals surface area contributed by atoms with Crippen LogP contribution in [0.2, 0.25) is 0 Å². The van der Waals surface area contributed by atoms with Gasteiger partial charge in [-0.1, -0.05) is 13.0 Å². The van der Waals surface area contributed by atoms with Crippen LogP contribution in [0.5, 0.6) is 11.5 Å². The third-order valence-corrected chi connectivity index (χ3v) is 9.29. The van der Waals surface area contributed by atoms with Crippen LogP contribution >= 0.6 is 0 Å². The molecule has 1 aliphatic carbocycles. The molecule has 3 atom stereocenters. The van der Waals surface area contributed by atoms with Crippen LogP contribution in [-0.4, -0.2) is 74.2 Å². The molecule has 1 saturated carbocycles. The Labute approximate surface area is 240 Å². The van der Waals surface area contributed by atoms with Gasteiger partial charge in [0.25, 0.3) is 0 Å². The largest absolute Gasteiger partial charge is 0.493 e. The van der Waals surface area contributed by atoms with Gasteiger partial charge in [0.1, 0.15) is 0 Å². The number of anilines is 1. The Hall–Kier alpha value is -3.40. The second kappa shape index (κ2) is 12.2. The fourth-order valence-electron chi connectivity index (χ4n) is 6.89. The molecule has 2 aromatic carbocycles. The molecule has 3 amide bonds. The maximum Gasteiger partial charge on any atom is 0.319 e. The van der Waals surface area contributed by atoms with E-state index in [2.05, 4.69) is 28.5 Å². The smallest absolute Gasteiger partial charge is 0.319 e. The second-order valence-corrected chi connectivity index (χ2v) is 11.7. The van der Waals surface area contributed by atoms with Gasteiger partial charge in [-0.05, 0) is 87.4 Å². The molecule has 0 spiro atoms. The Kier molecular flexibility index (Phi) is 8.68. The number of likely N-dealkylation sites (tertiary alicyclic amines) is 2. The van der Waals surface area contributed by atoms with Crippen molar-refractivity contribution in [1.29, 1.82) is 0 Å². The quantitative estimate of drug-likeness (QED) is 0.494. The zero-order chi connectivity index (χ0) is 29.1. The van der Waals surface area contributed by atoms with Gasteiger partial charge in [-0.2, -0.15) is 0 Å². The zero-order valence-electron chi connectivity index (χ0n) is 24.1. The highest BCUT2D eigenvalue weighted by Crippen LogP contribution is 2.50. The highest BCUT2D eigenvalue weighted by atomic mass is 19.2. The lowest BCUT2D eigenvalue weighted by molar-refractivity contribution is -0.134. The third-order valence-electron chi connectivity index (χ3n) is 9.29. The van der Waals surface area contributed by atoms with Crippen molar-refractivity contribution in [2.45, 2.75) is 62.9 Å². The van der Waals surface area contributed by atoms with Crippen LogP contribution in [0.15, 0.2) is 36.4 Å². The predicted molar refractivity (Wildman–Crippen MR) is 152 cm³/mol. The summed E-state index contributed by atoms with van der Waals surface area (Å²) in [5, 5.41) is 5.61. The minimum absolute atomic E-state index is 0.112. The number of carbonyl (C=O) groups is 2. The molecule has 2 aromatic rings. The molecule has 2 aliphatic heterocycles. The summed E-state index contributed by atoms with van der Waals surface area (Å²) >= 11 is 0. The minimum atomic E-state index is -1.02. The van der Waals surface area contributed by atoms with E-state index in [1.165, 1.54) is 6.07 Å². The number of hydrogen-bond acceptors (Lipinski definition) is 5. The molecule has 2 heterocycles. The van der Waals surface area contributed by atoms with Gasteiger partial charge in [0.15, 0.2) is 23.1 Å². The monoisotopic (exact) mass is 570 g/mol. The minimum Gasteiger partial charge on any atom is -0.493 e. The summed E-state index contributed by atoms with van der Waals surface area (Å²) in [6.45, 7) is 5.17. The van der Waals surface area contributed by atoms with Crippen molar-refractivity contribution in [2.24, 2.45) is 5.92 Å². The van der Waals surface area contributed by atoms with Crippen LogP contribution in [0.1, 0.15) is 51.0 Å². The van der Waals surface area contributed by atoms with Crippen molar-refractivity contribution >= 4 is 17.6 Å². The van der Waals surface area contributed by atoms with E-state index >= 15 is 0 Å². The summed E-state index contributed by atoms with van der Waals surface area (Å²) in [5.74, 6) is 0.116. The van der Waals surface area contributed by atoms with Gasteiger partial charge < -0.3 is 25.0 Å². The van der Waals surface area contributed by atoms with Crippen molar-refractivity contribution in [1.82, 2.24) is 15.1 Å². The molecule has 10 heteroatoms. The first-order valence-corrected chi connectivity index (χ1v) is 14.5. The zero-order valence-corrected chi connectivity index (χ0v) is 24.1. The molecule has 3 unspecified atom stereocenters. The van der Waals surface area contributed by atoms with Crippen LogP contribution in [0.4, 0.5) is 19.3 Å². The molecule has 0 bridgehead atoms. The Morgan fingerprint density at radius 1 is 0.951 bits per heavy atom. The van der Waals surface area contributed by atoms with Crippen LogP contribution < -0.4 is 20.1 Å². The number of benzene rings is 2. The maximum absolute atomic E-state index is 13.8. The number of halogens is 2. The Bertz CT molecular complexity index is 1270. The molecular formula is C31H40F2N4O4. The lowest BCUT2D eigenvalue weighted by Gasteiger charge is -2.45. The van der Waals surface area contributed by atoms with Crippen molar-refractivity contribution in [3.63, 3.8) is 0 Å². The van der Waals surface area contributed by atoms with E-state index in [0.29, 0.717) is 43.3 Å². The van der Waals surface area contributed by atoms with E-state index in [1.54, 1.807) is 14.2 Å². The summed E-state index contributed by atoms with van der Waals surface area (Å²) < 4.78 is 38.0. The van der Waals surface area contributed by atoms with Crippen molar-refractivity contribution in [3.05, 3.63) is 53.6 Å². The number of fused-ring (bicyclic) bond motifs is 1. The molecule has 2 N–H and O–H groups in total. The number of piperidine rings is 1. The molecule has 41 heavy (non-hydrogen) atoms. The summed E-state index contributed by atoms with van der Waals surface area (Å²) in [6, 6.07) is 8.47. The van der Waals surface area contributed by atoms with Crippen LogP contribution in [0, 0.1) is 17.6 Å². The van der Waals surface area contributed by atoms with Crippen LogP contribution in [-0.2, 0) is 10.2 Å². The molecule has 222 valence electrons.